The summed E-state index contributed by atoms with van der Waals surface area (Å²) in [6.07, 6.45) is 7.38. The summed E-state index contributed by atoms with van der Waals surface area (Å²) in [7, 11) is 0. The van der Waals surface area contributed by atoms with Crippen molar-refractivity contribution in [1.82, 2.24) is 4.98 Å². The lowest BCUT2D eigenvalue weighted by molar-refractivity contribution is 0.789. The number of nitrogens with zero attached hydrogens (tertiary/aromatic N) is 2. The van der Waals surface area contributed by atoms with Gasteiger partial charge in [0.2, 0.25) is 0 Å². The highest BCUT2D eigenvalue weighted by Gasteiger charge is 2.08. The second-order valence-corrected chi connectivity index (χ2v) is 3.94. The Bertz CT molecular complexity index is 340. The smallest absolute Gasteiger partial charge is 0.128 e. The molecular formula is C12H17N3. The van der Waals surface area contributed by atoms with Crippen molar-refractivity contribution in [2.75, 3.05) is 18.0 Å². The maximum absolute atomic E-state index is 5.78. The molecule has 0 amide bonds. The minimum Gasteiger partial charge on any atom is -0.353 e. The largest absolute Gasteiger partial charge is 0.353 e. The minimum atomic E-state index is 0.0628. The van der Waals surface area contributed by atoms with E-state index >= 15 is 0 Å². The van der Waals surface area contributed by atoms with Crippen molar-refractivity contribution in [2.45, 2.75) is 19.4 Å². The van der Waals surface area contributed by atoms with Gasteiger partial charge in [-0.15, -0.1) is 0 Å². The van der Waals surface area contributed by atoms with Gasteiger partial charge in [0.15, 0.2) is 0 Å². The SMILES string of the molecule is C[C@H](N)c1ccc(N2CC=CCC2)nc1. The van der Waals surface area contributed by atoms with Crippen molar-refractivity contribution < 1.29 is 0 Å². The summed E-state index contributed by atoms with van der Waals surface area (Å²) in [5.41, 5.74) is 6.87. The first-order valence-corrected chi connectivity index (χ1v) is 5.39. The Balaban J connectivity index is 2.12. The van der Waals surface area contributed by atoms with Crippen LogP contribution in [0, 0.1) is 0 Å². The van der Waals surface area contributed by atoms with E-state index in [1.807, 2.05) is 13.1 Å². The summed E-state index contributed by atoms with van der Waals surface area (Å²) in [5, 5.41) is 0. The van der Waals surface area contributed by atoms with Crippen molar-refractivity contribution in [3.05, 3.63) is 36.0 Å². The first-order chi connectivity index (χ1) is 7.27. The Hall–Kier alpha value is -1.35. The molecule has 0 unspecified atom stereocenters. The zero-order valence-corrected chi connectivity index (χ0v) is 9.06. The molecule has 1 aromatic heterocycles. The third kappa shape index (κ3) is 2.36. The van der Waals surface area contributed by atoms with Gasteiger partial charge in [-0.05, 0) is 25.0 Å². The van der Waals surface area contributed by atoms with Crippen molar-refractivity contribution in [2.24, 2.45) is 5.73 Å². The molecule has 0 spiro atoms. The van der Waals surface area contributed by atoms with E-state index in [9.17, 15) is 0 Å². The topological polar surface area (TPSA) is 42.1 Å². The summed E-state index contributed by atoms with van der Waals surface area (Å²) in [4.78, 5) is 6.70. The van der Waals surface area contributed by atoms with Gasteiger partial charge in [-0.25, -0.2) is 4.98 Å². The van der Waals surface area contributed by atoms with Crippen LogP contribution in [0.25, 0.3) is 0 Å². The number of aromatic nitrogens is 1. The van der Waals surface area contributed by atoms with Crippen LogP contribution in [0.4, 0.5) is 5.82 Å². The highest BCUT2D eigenvalue weighted by Crippen LogP contribution is 2.16. The van der Waals surface area contributed by atoms with Gasteiger partial charge in [-0.1, -0.05) is 18.2 Å². The number of nitrogens with two attached hydrogens (primary N) is 1. The van der Waals surface area contributed by atoms with Gasteiger partial charge in [-0.3, -0.25) is 0 Å². The van der Waals surface area contributed by atoms with Gasteiger partial charge < -0.3 is 10.6 Å². The average molecular weight is 203 g/mol. The molecule has 0 fully saturated rings. The monoisotopic (exact) mass is 203 g/mol. The predicted octanol–water partition coefficient (Wildman–Crippen LogP) is 1.87. The molecule has 3 nitrogen and oxygen atoms in total. The molecule has 1 aliphatic rings. The lowest BCUT2D eigenvalue weighted by atomic mass is 10.1. The molecule has 80 valence electrons. The van der Waals surface area contributed by atoms with Crippen LogP contribution in [0.2, 0.25) is 0 Å². The number of hydrogen-bond donors (Lipinski definition) is 1. The normalized spacial score (nSPS) is 17.9. The summed E-state index contributed by atoms with van der Waals surface area (Å²) in [5.74, 6) is 1.05. The lowest BCUT2D eigenvalue weighted by Gasteiger charge is -2.24. The van der Waals surface area contributed by atoms with Gasteiger partial charge in [0, 0.05) is 25.3 Å². The highest BCUT2D eigenvalue weighted by atomic mass is 15.2. The fourth-order valence-corrected chi connectivity index (χ4v) is 1.70. The minimum absolute atomic E-state index is 0.0628. The molecular weight excluding hydrogens is 186 g/mol. The first kappa shape index (κ1) is 10.2. The molecule has 2 heterocycles. The fraction of sp³-hybridized carbons (Fsp3) is 0.417. The van der Waals surface area contributed by atoms with Crippen LogP contribution >= 0.6 is 0 Å². The molecule has 1 aliphatic heterocycles. The van der Waals surface area contributed by atoms with Crippen molar-refractivity contribution >= 4 is 5.82 Å². The highest BCUT2D eigenvalue weighted by molar-refractivity contribution is 5.41. The van der Waals surface area contributed by atoms with Crippen LogP contribution in [0.15, 0.2) is 30.5 Å². The van der Waals surface area contributed by atoms with Crippen LogP contribution in [-0.4, -0.2) is 18.1 Å². The van der Waals surface area contributed by atoms with E-state index in [-0.39, 0.29) is 6.04 Å². The maximum atomic E-state index is 5.78. The Kier molecular flexibility index (Phi) is 3.02. The van der Waals surface area contributed by atoms with Crippen molar-refractivity contribution in [1.29, 1.82) is 0 Å². The third-order valence-corrected chi connectivity index (χ3v) is 2.68. The Morgan fingerprint density at radius 1 is 1.40 bits per heavy atom. The second kappa shape index (κ2) is 4.45. The molecule has 2 N–H and O–H groups in total. The molecule has 0 radical (unpaired) electrons. The van der Waals surface area contributed by atoms with Crippen molar-refractivity contribution in [3.8, 4) is 0 Å². The first-order valence-electron chi connectivity index (χ1n) is 5.39. The molecule has 0 saturated carbocycles. The van der Waals surface area contributed by atoms with E-state index in [1.165, 1.54) is 0 Å². The van der Waals surface area contributed by atoms with Crippen LogP contribution in [0.3, 0.4) is 0 Å². The standard InChI is InChI=1S/C12H17N3/c1-10(13)11-5-6-12(14-9-11)15-7-3-2-4-8-15/h2-3,5-6,9-10H,4,7-8,13H2,1H3/t10-/m0/s1. The van der Waals surface area contributed by atoms with Gasteiger partial charge >= 0.3 is 0 Å². The second-order valence-electron chi connectivity index (χ2n) is 3.94. The summed E-state index contributed by atoms with van der Waals surface area (Å²) < 4.78 is 0. The molecule has 1 aromatic rings. The molecule has 0 saturated heterocycles. The van der Waals surface area contributed by atoms with Gasteiger partial charge in [0.1, 0.15) is 5.82 Å². The molecule has 15 heavy (non-hydrogen) atoms. The quantitative estimate of drug-likeness (QED) is 0.746. The van der Waals surface area contributed by atoms with E-state index in [1.54, 1.807) is 0 Å². The molecule has 0 bridgehead atoms. The van der Waals surface area contributed by atoms with E-state index < -0.39 is 0 Å². The van der Waals surface area contributed by atoms with E-state index in [4.69, 9.17) is 5.73 Å². The number of hydrogen-bond acceptors (Lipinski definition) is 3. The number of anilines is 1. The Labute approximate surface area is 90.6 Å². The third-order valence-electron chi connectivity index (χ3n) is 2.68. The van der Waals surface area contributed by atoms with Crippen molar-refractivity contribution in [3.63, 3.8) is 0 Å². The van der Waals surface area contributed by atoms with Crippen LogP contribution in [0.5, 0.6) is 0 Å². The average Bonchev–Trinajstić information content (AvgIpc) is 2.30. The van der Waals surface area contributed by atoms with E-state index in [2.05, 4.69) is 34.2 Å². The Morgan fingerprint density at radius 3 is 2.80 bits per heavy atom. The zero-order chi connectivity index (χ0) is 10.7. The molecule has 1 atom stereocenters. The van der Waals surface area contributed by atoms with Crippen LogP contribution in [0.1, 0.15) is 24.9 Å². The summed E-state index contributed by atoms with van der Waals surface area (Å²) >= 11 is 0. The maximum Gasteiger partial charge on any atom is 0.128 e. The molecule has 0 aliphatic carbocycles. The lowest BCUT2D eigenvalue weighted by Crippen LogP contribution is -2.27. The van der Waals surface area contributed by atoms with E-state index in [0.717, 1.165) is 30.9 Å². The van der Waals surface area contributed by atoms with Crippen LogP contribution < -0.4 is 10.6 Å². The number of pyridine rings is 1. The Morgan fingerprint density at radius 2 is 2.27 bits per heavy atom. The molecule has 3 heteroatoms. The molecule has 0 aromatic carbocycles. The summed E-state index contributed by atoms with van der Waals surface area (Å²) in [6, 6.07) is 4.18. The zero-order valence-electron chi connectivity index (χ0n) is 9.06. The van der Waals surface area contributed by atoms with Crippen LogP contribution in [-0.2, 0) is 0 Å². The fourth-order valence-electron chi connectivity index (χ4n) is 1.70. The predicted molar refractivity (Wildman–Crippen MR) is 62.8 cm³/mol. The van der Waals surface area contributed by atoms with Gasteiger partial charge in [0.05, 0.1) is 0 Å². The molecule has 2 rings (SSSR count). The number of rotatable bonds is 2. The van der Waals surface area contributed by atoms with E-state index in [0.29, 0.717) is 0 Å². The van der Waals surface area contributed by atoms with Gasteiger partial charge in [-0.2, -0.15) is 0 Å². The summed E-state index contributed by atoms with van der Waals surface area (Å²) in [6.45, 7) is 3.99. The van der Waals surface area contributed by atoms with Gasteiger partial charge in [0.25, 0.3) is 0 Å².